The lowest BCUT2D eigenvalue weighted by Crippen LogP contribution is -2.36. The van der Waals surface area contributed by atoms with Gasteiger partial charge in [-0.1, -0.05) is 12.1 Å². The van der Waals surface area contributed by atoms with Crippen LogP contribution in [-0.4, -0.2) is 28.2 Å². The van der Waals surface area contributed by atoms with Gasteiger partial charge < -0.3 is 15.5 Å². The Hall–Kier alpha value is -1.95. The van der Waals surface area contributed by atoms with Crippen LogP contribution in [0.1, 0.15) is 18.4 Å². The van der Waals surface area contributed by atoms with Crippen LogP contribution < -0.4 is 5.32 Å². The van der Waals surface area contributed by atoms with Gasteiger partial charge in [0, 0.05) is 13.0 Å². The van der Waals surface area contributed by atoms with Gasteiger partial charge in [-0.3, -0.25) is 9.59 Å². The maximum Gasteiger partial charge on any atom is 0.320 e. The Labute approximate surface area is 103 Å². The van der Waals surface area contributed by atoms with Gasteiger partial charge in [-0.15, -0.1) is 0 Å². The summed E-state index contributed by atoms with van der Waals surface area (Å²) in [4.78, 5) is 21.2. The van der Waals surface area contributed by atoms with Crippen LogP contribution >= 0.6 is 0 Å². The van der Waals surface area contributed by atoms with Crippen LogP contribution in [0.5, 0.6) is 0 Å². The average Bonchev–Trinajstić information content (AvgIpc) is 2.30. The molecule has 18 heavy (non-hydrogen) atoms. The standard InChI is InChI=1S/C12H14FNO4/c13-9-3-1-8(2-4-9)7-14-10(12(17)18)5-6-11(15)16/h1-4,10,14H,5-7H2,(H,15,16)(H,17,18). The van der Waals surface area contributed by atoms with Gasteiger partial charge in [-0.25, -0.2) is 4.39 Å². The lowest BCUT2D eigenvalue weighted by Gasteiger charge is -2.13. The van der Waals surface area contributed by atoms with Crippen molar-refractivity contribution in [2.45, 2.75) is 25.4 Å². The van der Waals surface area contributed by atoms with Crippen molar-refractivity contribution in [3.8, 4) is 0 Å². The fraction of sp³-hybridized carbons (Fsp3) is 0.333. The molecule has 0 aliphatic heterocycles. The molecule has 6 heteroatoms. The number of hydrogen-bond donors (Lipinski definition) is 3. The molecule has 0 aliphatic rings. The SMILES string of the molecule is O=C(O)CCC(NCc1ccc(F)cc1)C(=O)O. The van der Waals surface area contributed by atoms with Gasteiger partial charge in [0.15, 0.2) is 0 Å². The van der Waals surface area contributed by atoms with Crippen LogP contribution in [0.25, 0.3) is 0 Å². The van der Waals surface area contributed by atoms with Crippen LogP contribution in [-0.2, 0) is 16.1 Å². The molecule has 0 heterocycles. The van der Waals surface area contributed by atoms with Gasteiger partial charge in [0.1, 0.15) is 11.9 Å². The van der Waals surface area contributed by atoms with Crippen molar-refractivity contribution in [1.29, 1.82) is 0 Å². The summed E-state index contributed by atoms with van der Waals surface area (Å²) in [7, 11) is 0. The maximum absolute atomic E-state index is 12.6. The third-order valence-corrected chi connectivity index (χ3v) is 2.41. The van der Waals surface area contributed by atoms with E-state index in [0.29, 0.717) is 0 Å². The molecule has 1 unspecified atom stereocenters. The van der Waals surface area contributed by atoms with Crippen LogP contribution in [0.15, 0.2) is 24.3 Å². The minimum Gasteiger partial charge on any atom is -0.481 e. The topological polar surface area (TPSA) is 86.6 Å². The minimum atomic E-state index is -1.10. The van der Waals surface area contributed by atoms with Crippen molar-refractivity contribution < 1.29 is 24.2 Å². The number of nitrogens with one attached hydrogen (secondary N) is 1. The van der Waals surface area contributed by atoms with Crippen LogP contribution in [0.4, 0.5) is 4.39 Å². The molecule has 5 nitrogen and oxygen atoms in total. The van der Waals surface area contributed by atoms with Gasteiger partial charge in [-0.2, -0.15) is 0 Å². The smallest absolute Gasteiger partial charge is 0.320 e. The highest BCUT2D eigenvalue weighted by atomic mass is 19.1. The quantitative estimate of drug-likeness (QED) is 0.682. The molecule has 98 valence electrons. The van der Waals surface area contributed by atoms with E-state index in [-0.39, 0.29) is 25.2 Å². The molecule has 0 fully saturated rings. The number of carboxylic acids is 2. The number of aliphatic carboxylic acids is 2. The summed E-state index contributed by atoms with van der Waals surface area (Å²) in [5.41, 5.74) is 0.734. The van der Waals surface area contributed by atoms with E-state index in [9.17, 15) is 14.0 Å². The zero-order valence-electron chi connectivity index (χ0n) is 9.60. The summed E-state index contributed by atoms with van der Waals surface area (Å²) < 4.78 is 12.6. The van der Waals surface area contributed by atoms with Gasteiger partial charge >= 0.3 is 11.9 Å². The van der Waals surface area contributed by atoms with E-state index in [1.54, 1.807) is 12.1 Å². The van der Waals surface area contributed by atoms with Crippen LogP contribution in [0.3, 0.4) is 0 Å². The summed E-state index contributed by atoms with van der Waals surface area (Å²) in [6, 6.07) is 4.72. The van der Waals surface area contributed by atoms with E-state index in [1.165, 1.54) is 12.1 Å². The molecule has 0 saturated heterocycles. The highest BCUT2D eigenvalue weighted by Crippen LogP contribution is 2.04. The molecule has 1 aromatic carbocycles. The van der Waals surface area contributed by atoms with E-state index in [2.05, 4.69) is 5.32 Å². The first-order valence-corrected chi connectivity index (χ1v) is 5.41. The molecular weight excluding hydrogens is 241 g/mol. The number of hydrogen-bond acceptors (Lipinski definition) is 3. The zero-order valence-corrected chi connectivity index (χ0v) is 9.60. The Bertz CT molecular complexity index is 419. The molecule has 3 N–H and O–H groups in total. The predicted octanol–water partition coefficient (Wildman–Crippen LogP) is 1.23. The number of rotatable bonds is 7. The van der Waals surface area contributed by atoms with Crippen molar-refractivity contribution in [3.05, 3.63) is 35.6 Å². The van der Waals surface area contributed by atoms with Crippen molar-refractivity contribution in [3.63, 3.8) is 0 Å². The highest BCUT2D eigenvalue weighted by Gasteiger charge is 2.17. The molecule has 0 aromatic heterocycles. The summed E-state index contributed by atoms with van der Waals surface area (Å²) >= 11 is 0. The second-order valence-corrected chi connectivity index (χ2v) is 3.83. The highest BCUT2D eigenvalue weighted by molar-refractivity contribution is 5.75. The molecule has 1 aromatic rings. The number of benzene rings is 1. The van der Waals surface area contributed by atoms with Crippen molar-refractivity contribution in [2.75, 3.05) is 0 Å². The van der Waals surface area contributed by atoms with E-state index in [1.807, 2.05) is 0 Å². The summed E-state index contributed by atoms with van der Waals surface area (Å²) in [5.74, 6) is -2.50. The largest absolute Gasteiger partial charge is 0.481 e. The van der Waals surface area contributed by atoms with Crippen LogP contribution in [0, 0.1) is 5.82 Å². The summed E-state index contributed by atoms with van der Waals surface area (Å²) in [6.45, 7) is 0.247. The molecule has 0 spiro atoms. The fourth-order valence-corrected chi connectivity index (χ4v) is 1.42. The number of carboxylic acid groups (broad SMARTS) is 2. The Morgan fingerprint density at radius 1 is 1.22 bits per heavy atom. The molecule has 1 atom stereocenters. The van der Waals surface area contributed by atoms with E-state index < -0.39 is 18.0 Å². The third-order valence-electron chi connectivity index (χ3n) is 2.41. The van der Waals surface area contributed by atoms with E-state index in [0.717, 1.165) is 5.56 Å². The molecule has 0 saturated carbocycles. The Balaban J connectivity index is 2.49. The number of halogens is 1. The second kappa shape index (κ2) is 6.70. The first-order valence-electron chi connectivity index (χ1n) is 5.41. The molecular formula is C12H14FNO4. The maximum atomic E-state index is 12.6. The normalized spacial score (nSPS) is 12.1. The van der Waals surface area contributed by atoms with Crippen molar-refractivity contribution >= 4 is 11.9 Å². The van der Waals surface area contributed by atoms with Crippen LogP contribution in [0.2, 0.25) is 0 Å². The monoisotopic (exact) mass is 255 g/mol. The third kappa shape index (κ3) is 4.92. The summed E-state index contributed by atoms with van der Waals surface area (Å²) in [5, 5.41) is 20.1. The van der Waals surface area contributed by atoms with Gasteiger partial charge in [0.05, 0.1) is 0 Å². The van der Waals surface area contributed by atoms with Gasteiger partial charge in [0.2, 0.25) is 0 Å². The first-order chi connectivity index (χ1) is 8.49. The molecule has 0 aliphatic carbocycles. The molecule has 0 bridgehead atoms. The molecule has 0 radical (unpaired) electrons. The minimum absolute atomic E-state index is 0.00581. The fourth-order valence-electron chi connectivity index (χ4n) is 1.42. The Morgan fingerprint density at radius 3 is 2.33 bits per heavy atom. The second-order valence-electron chi connectivity index (χ2n) is 3.83. The lowest BCUT2D eigenvalue weighted by molar-refractivity contribution is -0.140. The molecule has 0 amide bonds. The van der Waals surface area contributed by atoms with E-state index >= 15 is 0 Å². The van der Waals surface area contributed by atoms with Crippen molar-refractivity contribution in [2.24, 2.45) is 0 Å². The predicted molar refractivity (Wildman–Crippen MR) is 61.5 cm³/mol. The lowest BCUT2D eigenvalue weighted by atomic mass is 10.1. The number of carbonyl (C=O) groups is 2. The zero-order chi connectivity index (χ0) is 13.5. The van der Waals surface area contributed by atoms with Gasteiger partial charge in [-0.05, 0) is 24.1 Å². The van der Waals surface area contributed by atoms with Crippen molar-refractivity contribution in [1.82, 2.24) is 5.32 Å². The van der Waals surface area contributed by atoms with E-state index in [4.69, 9.17) is 10.2 Å². The first kappa shape index (κ1) is 14.1. The summed E-state index contributed by atoms with van der Waals surface area (Å²) in [6.07, 6.45) is -0.209. The Morgan fingerprint density at radius 2 is 1.83 bits per heavy atom. The Kier molecular flexibility index (Phi) is 5.26. The van der Waals surface area contributed by atoms with Gasteiger partial charge in [0.25, 0.3) is 0 Å². The molecule has 1 rings (SSSR count). The average molecular weight is 255 g/mol.